The number of aliphatic hydroxyl groups excluding tert-OH is 1. The zero-order valence-corrected chi connectivity index (χ0v) is 22.3. The van der Waals surface area contributed by atoms with Crippen molar-refractivity contribution in [2.45, 2.75) is 119 Å². The lowest BCUT2D eigenvalue weighted by Crippen LogP contribution is -2.66. The van der Waals surface area contributed by atoms with Gasteiger partial charge in [0.2, 0.25) is 0 Å². The average molecular weight is 457 g/mol. The summed E-state index contributed by atoms with van der Waals surface area (Å²) in [6, 6.07) is 0. The van der Waals surface area contributed by atoms with Gasteiger partial charge in [-0.1, -0.05) is 53.2 Å². The Labute approximate surface area is 201 Å². The van der Waals surface area contributed by atoms with Crippen LogP contribution >= 0.6 is 0 Å². The van der Waals surface area contributed by atoms with Crippen molar-refractivity contribution in [2.75, 3.05) is 0 Å². The highest BCUT2D eigenvalue weighted by atomic mass is 16.4. The first kappa shape index (κ1) is 23.9. The van der Waals surface area contributed by atoms with E-state index < -0.39 is 17.5 Å². The van der Waals surface area contributed by atoms with Crippen LogP contribution in [-0.4, -0.2) is 22.3 Å². The minimum Gasteiger partial charge on any atom is -0.481 e. The van der Waals surface area contributed by atoms with Crippen LogP contribution in [0.2, 0.25) is 0 Å². The van der Waals surface area contributed by atoms with Crippen LogP contribution in [0.25, 0.3) is 0 Å². The van der Waals surface area contributed by atoms with E-state index in [1.807, 2.05) is 6.92 Å². The Morgan fingerprint density at radius 3 is 2.21 bits per heavy atom. The molecule has 33 heavy (non-hydrogen) atoms. The summed E-state index contributed by atoms with van der Waals surface area (Å²) in [4.78, 5) is 12.5. The van der Waals surface area contributed by atoms with E-state index >= 15 is 0 Å². The summed E-state index contributed by atoms with van der Waals surface area (Å²) in [6.45, 7) is 16.9. The molecule has 5 aliphatic carbocycles. The Morgan fingerprint density at radius 1 is 0.879 bits per heavy atom. The largest absolute Gasteiger partial charge is 0.481 e. The minimum absolute atomic E-state index is 0.0308. The van der Waals surface area contributed by atoms with Gasteiger partial charge in [0.1, 0.15) is 0 Å². The van der Waals surface area contributed by atoms with Crippen molar-refractivity contribution in [3.63, 3.8) is 0 Å². The SMILES string of the molecule is CC1(C)CC[C@]2(C)CC[C@]3(C)C(=CC[C@H]4[C@@]5(C)CCC(O)[C@](C)(C(=O)O)[C@H]5CC[C@]43C)[C@H]2C1. The average Bonchev–Trinajstić information content (AvgIpc) is 2.72. The van der Waals surface area contributed by atoms with Gasteiger partial charge >= 0.3 is 5.97 Å². The smallest absolute Gasteiger partial charge is 0.312 e. The molecule has 0 aromatic rings. The number of fused-ring (bicyclic) bond motifs is 7. The molecule has 0 aromatic carbocycles. The lowest BCUT2D eigenvalue weighted by molar-refractivity contribution is -0.216. The number of carboxylic acids is 1. The van der Waals surface area contributed by atoms with E-state index in [2.05, 4.69) is 47.6 Å². The molecule has 4 saturated carbocycles. The molecule has 5 aliphatic rings. The molecule has 1 unspecified atom stereocenters. The van der Waals surface area contributed by atoms with Gasteiger partial charge in [0.25, 0.3) is 0 Å². The van der Waals surface area contributed by atoms with E-state index in [4.69, 9.17) is 0 Å². The summed E-state index contributed by atoms with van der Waals surface area (Å²) in [5.74, 6) is 0.432. The third-order valence-electron chi connectivity index (χ3n) is 13.2. The highest BCUT2D eigenvalue weighted by molar-refractivity contribution is 5.76. The summed E-state index contributed by atoms with van der Waals surface area (Å²) in [5, 5.41) is 21.1. The van der Waals surface area contributed by atoms with Crippen LogP contribution in [0.5, 0.6) is 0 Å². The molecule has 3 nitrogen and oxygen atoms in total. The Hall–Kier alpha value is -0.830. The Balaban J connectivity index is 1.58. The molecule has 5 rings (SSSR count). The lowest BCUT2D eigenvalue weighted by atomic mass is 9.33. The number of hydrogen-bond donors (Lipinski definition) is 2. The third-order valence-corrected chi connectivity index (χ3v) is 13.2. The summed E-state index contributed by atoms with van der Waals surface area (Å²) >= 11 is 0. The molecule has 0 amide bonds. The van der Waals surface area contributed by atoms with E-state index in [0.717, 1.165) is 25.7 Å². The predicted octanol–water partition coefficient (Wildman–Crippen LogP) is 7.23. The Bertz CT molecular complexity index is 889. The van der Waals surface area contributed by atoms with Gasteiger partial charge < -0.3 is 10.2 Å². The first-order valence-corrected chi connectivity index (χ1v) is 13.8. The highest BCUT2D eigenvalue weighted by Crippen LogP contribution is 2.75. The Kier molecular flexibility index (Phi) is 4.99. The van der Waals surface area contributed by atoms with Crippen LogP contribution in [0.15, 0.2) is 11.6 Å². The van der Waals surface area contributed by atoms with Gasteiger partial charge in [-0.2, -0.15) is 0 Å². The molecule has 9 atom stereocenters. The molecule has 0 aliphatic heterocycles. The number of carboxylic acid groups (broad SMARTS) is 1. The van der Waals surface area contributed by atoms with Crippen LogP contribution in [0.1, 0.15) is 113 Å². The summed E-state index contributed by atoms with van der Waals surface area (Å²) in [5.41, 5.74) is 1.98. The topological polar surface area (TPSA) is 57.5 Å². The standard InChI is InChI=1S/C30H48O3/c1-25(2)14-15-26(3)16-17-28(5)19(20(26)18-25)8-9-21-27(4)12-11-23(31)30(7,24(32)33)22(27)10-13-29(21,28)6/h8,20-23,31H,9-18H2,1-7H3,(H,32,33)/t20-,21+,22+,23?,26-,27-,28-,29-,30-/m1/s1. The van der Waals surface area contributed by atoms with E-state index in [-0.39, 0.29) is 22.2 Å². The predicted molar refractivity (Wildman–Crippen MR) is 133 cm³/mol. The lowest BCUT2D eigenvalue weighted by Gasteiger charge is -2.71. The van der Waals surface area contributed by atoms with Crippen LogP contribution < -0.4 is 0 Å². The maximum absolute atomic E-state index is 12.5. The van der Waals surface area contributed by atoms with Crippen molar-refractivity contribution in [1.29, 1.82) is 0 Å². The van der Waals surface area contributed by atoms with Gasteiger partial charge in [-0.15, -0.1) is 0 Å². The van der Waals surface area contributed by atoms with Crippen LogP contribution in [0.4, 0.5) is 0 Å². The minimum atomic E-state index is -1.03. The number of hydrogen-bond acceptors (Lipinski definition) is 2. The maximum Gasteiger partial charge on any atom is 0.312 e. The van der Waals surface area contributed by atoms with Gasteiger partial charge in [0, 0.05) is 0 Å². The van der Waals surface area contributed by atoms with E-state index in [1.165, 1.54) is 32.1 Å². The first-order valence-electron chi connectivity index (χ1n) is 13.8. The van der Waals surface area contributed by atoms with Crippen molar-refractivity contribution >= 4 is 5.97 Å². The van der Waals surface area contributed by atoms with Gasteiger partial charge in [0.15, 0.2) is 0 Å². The van der Waals surface area contributed by atoms with E-state index in [1.54, 1.807) is 5.57 Å². The molecular formula is C30H48O3. The molecule has 0 spiro atoms. The molecule has 3 heteroatoms. The molecule has 0 aromatic heterocycles. The second kappa shape index (κ2) is 6.89. The van der Waals surface area contributed by atoms with Crippen molar-refractivity contribution in [2.24, 2.45) is 50.2 Å². The fourth-order valence-corrected chi connectivity index (χ4v) is 10.5. The molecule has 0 heterocycles. The van der Waals surface area contributed by atoms with Gasteiger partial charge in [-0.25, -0.2) is 0 Å². The first-order chi connectivity index (χ1) is 15.1. The monoisotopic (exact) mass is 456 g/mol. The van der Waals surface area contributed by atoms with E-state index in [9.17, 15) is 15.0 Å². The summed E-state index contributed by atoms with van der Waals surface area (Å²) in [7, 11) is 0. The normalized spacial score (nSPS) is 55.3. The van der Waals surface area contributed by atoms with Crippen molar-refractivity contribution in [3.05, 3.63) is 11.6 Å². The van der Waals surface area contributed by atoms with Crippen LogP contribution in [-0.2, 0) is 4.79 Å². The fourth-order valence-electron chi connectivity index (χ4n) is 10.5. The molecule has 2 N–H and O–H groups in total. The number of carbonyl (C=O) groups is 1. The summed E-state index contributed by atoms with van der Waals surface area (Å²) < 4.78 is 0. The number of aliphatic carboxylic acids is 1. The molecule has 186 valence electrons. The van der Waals surface area contributed by atoms with Gasteiger partial charge in [-0.05, 0) is 116 Å². The molecule has 0 radical (unpaired) electrons. The molecular weight excluding hydrogens is 408 g/mol. The number of allylic oxidation sites excluding steroid dienone is 2. The summed E-state index contributed by atoms with van der Waals surface area (Å²) in [6.07, 6.45) is 13.2. The molecule has 0 bridgehead atoms. The van der Waals surface area contributed by atoms with Crippen LogP contribution in [0, 0.1) is 50.2 Å². The highest BCUT2D eigenvalue weighted by Gasteiger charge is 2.69. The zero-order chi connectivity index (χ0) is 24.2. The van der Waals surface area contributed by atoms with Crippen molar-refractivity contribution in [1.82, 2.24) is 0 Å². The van der Waals surface area contributed by atoms with Gasteiger partial charge in [0.05, 0.1) is 11.5 Å². The second-order valence-electron chi connectivity index (χ2n) is 15.0. The van der Waals surface area contributed by atoms with Gasteiger partial charge in [-0.3, -0.25) is 4.79 Å². The van der Waals surface area contributed by atoms with Crippen molar-refractivity contribution in [3.8, 4) is 0 Å². The fraction of sp³-hybridized carbons (Fsp3) is 0.900. The zero-order valence-electron chi connectivity index (χ0n) is 22.3. The quantitative estimate of drug-likeness (QED) is 0.409. The number of aliphatic hydroxyl groups is 1. The third kappa shape index (κ3) is 2.87. The number of rotatable bonds is 1. The van der Waals surface area contributed by atoms with E-state index in [0.29, 0.717) is 29.1 Å². The molecule has 0 saturated heterocycles. The molecule has 4 fully saturated rings. The second-order valence-corrected chi connectivity index (χ2v) is 15.0. The Morgan fingerprint density at radius 2 is 1.55 bits per heavy atom. The van der Waals surface area contributed by atoms with Crippen molar-refractivity contribution < 1.29 is 15.0 Å². The maximum atomic E-state index is 12.5. The van der Waals surface area contributed by atoms with Crippen LogP contribution in [0.3, 0.4) is 0 Å².